The Kier molecular flexibility index (Phi) is 6.12. The molecule has 1 aliphatic heterocycles. The first-order valence-electron chi connectivity index (χ1n) is 9.06. The third kappa shape index (κ3) is 4.36. The molecular weight excluding hydrogens is 452 g/mol. The molecule has 0 spiro atoms. The Morgan fingerprint density at radius 2 is 2.03 bits per heavy atom. The van der Waals surface area contributed by atoms with Crippen LogP contribution >= 0.6 is 35.3 Å². The lowest BCUT2D eigenvalue weighted by Crippen LogP contribution is -2.27. The van der Waals surface area contributed by atoms with Crippen LogP contribution in [0.2, 0.25) is 0 Å². The van der Waals surface area contributed by atoms with Crippen LogP contribution < -0.4 is 14.5 Å². The van der Waals surface area contributed by atoms with Crippen LogP contribution in [0.4, 0.5) is 16.5 Å². The van der Waals surface area contributed by atoms with Crippen LogP contribution in [0, 0.1) is 0 Å². The standard InChI is InChI=1S/C21H16N4O3S3/c1-13(26)24(15-5-7-17(28-2)8-6-15)20-23-14(12-30-20)10-18-19(27)25(21(29)31-18)16-4-3-9-22-11-16/h3-12H,1-2H3/b18-10-. The zero-order valence-electron chi connectivity index (χ0n) is 16.5. The van der Waals surface area contributed by atoms with E-state index in [1.165, 1.54) is 39.8 Å². The zero-order chi connectivity index (χ0) is 22.0. The topological polar surface area (TPSA) is 75.6 Å². The molecule has 31 heavy (non-hydrogen) atoms. The molecule has 1 saturated heterocycles. The van der Waals surface area contributed by atoms with Gasteiger partial charge < -0.3 is 4.74 Å². The number of thioether (sulfide) groups is 1. The molecule has 0 bridgehead atoms. The van der Waals surface area contributed by atoms with Crippen molar-refractivity contribution in [3.05, 3.63) is 64.8 Å². The maximum atomic E-state index is 12.9. The molecule has 3 aromatic rings. The van der Waals surface area contributed by atoms with Gasteiger partial charge in [0.15, 0.2) is 9.45 Å². The Hall–Kier alpha value is -3.08. The number of pyridine rings is 1. The number of ether oxygens (including phenoxy) is 1. The van der Waals surface area contributed by atoms with Crippen LogP contribution in [0.3, 0.4) is 0 Å². The van der Waals surface area contributed by atoms with Crippen molar-refractivity contribution >= 4 is 74.0 Å². The first-order chi connectivity index (χ1) is 15.0. The third-order valence-electron chi connectivity index (χ3n) is 4.32. The van der Waals surface area contributed by atoms with Gasteiger partial charge in [-0.1, -0.05) is 24.0 Å². The zero-order valence-corrected chi connectivity index (χ0v) is 19.0. The summed E-state index contributed by atoms with van der Waals surface area (Å²) in [5.74, 6) is 0.299. The van der Waals surface area contributed by atoms with Gasteiger partial charge in [0.25, 0.3) is 5.91 Å². The van der Waals surface area contributed by atoms with Crippen molar-refractivity contribution in [1.82, 2.24) is 9.97 Å². The number of anilines is 3. The summed E-state index contributed by atoms with van der Waals surface area (Å²) in [6, 6.07) is 10.7. The molecule has 1 aliphatic rings. The van der Waals surface area contributed by atoms with Crippen LogP contribution in [0.5, 0.6) is 5.75 Å². The van der Waals surface area contributed by atoms with Crippen molar-refractivity contribution in [3.8, 4) is 5.75 Å². The normalized spacial score (nSPS) is 14.9. The molecular formula is C21H16N4O3S3. The van der Waals surface area contributed by atoms with E-state index in [4.69, 9.17) is 17.0 Å². The summed E-state index contributed by atoms with van der Waals surface area (Å²) in [6.45, 7) is 1.48. The second kappa shape index (κ2) is 8.96. The second-order valence-corrected chi connectivity index (χ2v) is 8.85. The summed E-state index contributed by atoms with van der Waals surface area (Å²) in [4.78, 5) is 37.2. The summed E-state index contributed by atoms with van der Waals surface area (Å²) >= 11 is 7.90. The molecule has 0 atom stereocenters. The predicted octanol–water partition coefficient (Wildman–Crippen LogP) is 4.64. The Morgan fingerprint density at radius 1 is 1.26 bits per heavy atom. The number of thiazole rings is 1. The number of aromatic nitrogens is 2. The van der Waals surface area contributed by atoms with E-state index in [1.54, 1.807) is 67.4 Å². The van der Waals surface area contributed by atoms with Crippen molar-refractivity contribution in [3.63, 3.8) is 0 Å². The molecule has 2 aromatic heterocycles. The molecule has 7 nitrogen and oxygen atoms in total. The molecule has 0 unspecified atom stereocenters. The van der Waals surface area contributed by atoms with Gasteiger partial charge in [-0.2, -0.15) is 0 Å². The fraction of sp³-hybridized carbons (Fsp3) is 0.0952. The van der Waals surface area contributed by atoms with E-state index in [2.05, 4.69) is 9.97 Å². The first-order valence-corrected chi connectivity index (χ1v) is 11.2. The number of rotatable bonds is 5. The van der Waals surface area contributed by atoms with E-state index in [1.807, 2.05) is 0 Å². The molecule has 0 radical (unpaired) electrons. The van der Waals surface area contributed by atoms with Crippen molar-refractivity contribution in [2.75, 3.05) is 16.9 Å². The summed E-state index contributed by atoms with van der Waals surface area (Å²) in [5.41, 5.74) is 1.87. The Bertz CT molecular complexity index is 1180. The largest absolute Gasteiger partial charge is 0.497 e. The van der Waals surface area contributed by atoms with E-state index in [0.29, 0.717) is 37.2 Å². The smallest absolute Gasteiger partial charge is 0.270 e. The van der Waals surface area contributed by atoms with Gasteiger partial charge in [-0.15, -0.1) is 11.3 Å². The maximum absolute atomic E-state index is 12.9. The van der Waals surface area contributed by atoms with E-state index in [9.17, 15) is 9.59 Å². The lowest BCUT2D eigenvalue weighted by Gasteiger charge is -2.18. The molecule has 1 fully saturated rings. The van der Waals surface area contributed by atoms with E-state index in [0.717, 1.165) is 0 Å². The third-order valence-corrected chi connectivity index (χ3v) is 6.47. The lowest BCUT2D eigenvalue weighted by molar-refractivity contribution is -0.116. The molecule has 2 amide bonds. The monoisotopic (exact) mass is 468 g/mol. The van der Waals surface area contributed by atoms with Crippen molar-refractivity contribution in [2.45, 2.75) is 6.92 Å². The SMILES string of the molecule is COc1ccc(N(C(C)=O)c2nc(/C=C3\SC(=S)N(c4cccnc4)C3=O)cs2)cc1. The van der Waals surface area contributed by atoms with Crippen LogP contribution in [0.1, 0.15) is 12.6 Å². The fourth-order valence-electron chi connectivity index (χ4n) is 2.91. The molecule has 156 valence electrons. The molecule has 0 aliphatic carbocycles. The predicted molar refractivity (Wildman–Crippen MR) is 128 cm³/mol. The fourth-order valence-corrected chi connectivity index (χ4v) is 5.04. The van der Waals surface area contributed by atoms with Gasteiger partial charge in [-0.3, -0.25) is 24.4 Å². The quantitative estimate of drug-likeness (QED) is 0.399. The van der Waals surface area contributed by atoms with Crippen LogP contribution in [0.15, 0.2) is 59.1 Å². The molecule has 3 heterocycles. The number of amides is 2. The van der Waals surface area contributed by atoms with Crippen LogP contribution in [-0.2, 0) is 9.59 Å². The second-order valence-electron chi connectivity index (χ2n) is 6.34. The van der Waals surface area contributed by atoms with Gasteiger partial charge in [0, 0.05) is 18.5 Å². The van der Waals surface area contributed by atoms with Gasteiger partial charge in [-0.25, -0.2) is 4.98 Å². The number of carbonyl (C=O) groups is 2. The highest BCUT2D eigenvalue weighted by Gasteiger charge is 2.33. The number of hydrogen-bond acceptors (Lipinski definition) is 8. The highest BCUT2D eigenvalue weighted by Crippen LogP contribution is 2.37. The Labute approximate surface area is 192 Å². The first kappa shape index (κ1) is 21.2. The van der Waals surface area contributed by atoms with Crippen molar-refractivity contribution < 1.29 is 14.3 Å². The molecule has 0 saturated carbocycles. The van der Waals surface area contributed by atoms with Gasteiger partial charge in [-0.05, 0) is 42.5 Å². The minimum Gasteiger partial charge on any atom is -0.497 e. The average molecular weight is 469 g/mol. The van der Waals surface area contributed by atoms with Crippen LogP contribution in [-0.4, -0.2) is 33.2 Å². The minimum atomic E-state index is -0.226. The summed E-state index contributed by atoms with van der Waals surface area (Å²) in [6.07, 6.45) is 4.91. The lowest BCUT2D eigenvalue weighted by atomic mass is 10.3. The van der Waals surface area contributed by atoms with E-state index in [-0.39, 0.29) is 11.8 Å². The highest BCUT2D eigenvalue weighted by molar-refractivity contribution is 8.27. The number of methoxy groups -OCH3 is 1. The van der Waals surface area contributed by atoms with Crippen LogP contribution in [0.25, 0.3) is 6.08 Å². The maximum Gasteiger partial charge on any atom is 0.270 e. The number of nitrogens with zero attached hydrogens (tertiary/aromatic N) is 4. The average Bonchev–Trinajstić information content (AvgIpc) is 3.33. The summed E-state index contributed by atoms with van der Waals surface area (Å²) in [7, 11) is 1.59. The minimum absolute atomic E-state index is 0.172. The Balaban J connectivity index is 1.60. The van der Waals surface area contributed by atoms with Gasteiger partial charge in [0.05, 0.1) is 35.3 Å². The van der Waals surface area contributed by atoms with Gasteiger partial charge in [0.2, 0.25) is 5.91 Å². The molecule has 1 aromatic carbocycles. The Morgan fingerprint density at radius 3 is 2.68 bits per heavy atom. The van der Waals surface area contributed by atoms with E-state index >= 15 is 0 Å². The van der Waals surface area contributed by atoms with Gasteiger partial charge in [0.1, 0.15) is 5.75 Å². The number of hydrogen-bond donors (Lipinski definition) is 0. The molecule has 10 heteroatoms. The van der Waals surface area contributed by atoms with Crippen molar-refractivity contribution in [1.29, 1.82) is 0 Å². The number of carbonyl (C=O) groups excluding carboxylic acids is 2. The van der Waals surface area contributed by atoms with Gasteiger partial charge >= 0.3 is 0 Å². The van der Waals surface area contributed by atoms with Crippen molar-refractivity contribution in [2.24, 2.45) is 0 Å². The number of benzene rings is 1. The molecule has 4 rings (SSSR count). The number of thiocarbonyl (C=S) groups is 1. The highest BCUT2D eigenvalue weighted by atomic mass is 32.2. The summed E-state index contributed by atoms with van der Waals surface area (Å²) < 4.78 is 5.61. The van der Waals surface area contributed by atoms with E-state index < -0.39 is 0 Å². The molecule has 0 N–H and O–H groups in total. The summed E-state index contributed by atoms with van der Waals surface area (Å²) in [5, 5.41) is 2.30.